The fraction of sp³-hybridized carbons (Fsp3) is 0.304. The average molecular weight is 497 g/mol. The number of thiazole rings is 1. The van der Waals surface area contributed by atoms with Crippen molar-refractivity contribution < 1.29 is 13.2 Å². The van der Waals surface area contributed by atoms with Crippen molar-refractivity contribution in [3.05, 3.63) is 70.2 Å². The van der Waals surface area contributed by atoms with E-state index in [0.29, 0.717) is 49.2 Å². The van der Waals surface area contributed by atoms with E-state index in [4.69, 9.17) is 0 Å². The first-order chi connectivity index (χ1) is 16.5. The molecule has 2 aromatic carbocycles. The zero-order valence-corrected chi connectivity index (χ0v) is 20.0. The Hall–Kier alpha value is -3.15. The van der Waals surface area contributed by atoms with Crippen LogP contribution in [0, 0.1) is 0 Å². The summed E-state index contributed by atoms with van der Waals surface area (Å²) >= 11 is 1.45. The lowest BCUT2D eigenvalue weighted by Crippen LogP contribution is -2.39. The number of aromatic amines is 1. The second kappa shape index (κ2) is 9.61. The number of carbonyl (C=O) groups is 1. The topological polar surface area (TPSA) is 121 Å². The molecule has 0 radical (unpaired) electrons. The Labute approximate surface area is 201 Å². The molecule has 0 bridgehead atoms. The molecule has 1 aliphatic rings. The third kappa shape index (κ3) is 5.01. The van der Waals surface area contributed by atoms with E-state index in [1.165, 1.54) is 11.3 Å². The van der Waals surface area contributed by atoms with Crippen LogP contribution >= 0.6 is 11.3 Å². The van der Waals surface area contributed by atoms with Crippen LogP contribution in [0.5, 0.6) is 0 Å². The van der Waals surface area contributed by atoms with Gasteiger partial charge in [0.05, 0.1) is 16.3 Å². The number of nitrogens with one attached hydrogen (secondary N) is 2. The van der Waals surface area contributed by atoms with Crippen molar-refractivity contribution in [3.8, 4) is 0 Å². The summed E-state index contributed by atoms with van der Waals surface area (Å²) in [5, 5.41) is 15.9. The third-order valence-corrected chi connectivity index (χ3v) is 8.91. The summed E-state index contributed by atoms with van der Waals surface area (Å²) in [5.74, 6) is -0.0199. The predicted octanol–water partition coefficient (Wildman–Crippen LogP) is 3.42. The highest BCUT2D eigenvalue weighted by Gasteiger charge is 2.30. The van der Waals surface area contributed by atoms with Gasteiger partial charge in [-0.3, -0.25) is 9.89 Å². The van der Waals surface area contributed by atoms with E-state index in [9.17, 15) is 13.2 Å². The monoisotopic (exact) mass is 496 g/mol. The fourth-order valence-electron chi connectivity index (χ4n) is 4.10. The number of benzene rings is 2. The molecule has 0 atom stereocenters. The van der Waals surface area contributed by atoms with Crippen LogP contribution in [0.1, 0.15) is 39.8 Å². The number of amides is 1. The smallest absolute Gasteiger partial charge is 0.275 e. The molecule has 3 heterocycles. The largest absolute Gasteiger partial charge is 0.321 e. The van der Waals surface area contributed by atoms with Crippen LogP contribution in [-0.2, 0) is 16.4 Å². The van der Waals surface area contributed by atoms with Gasteiger partial charge in [-0.2, -0.15) is 0 Å². The maximum absolute atomic E-state index is 12.8. The molecule has 4 aromatic rings. The van der Waals surface area contributed by atoms with E-state index in [2.05, 4.69) is 25.7 Å². The molecule has 0 aliphatic carbocycles. The van der Waals surface area contributed by atoms with E-state index in [1.807, 2.05) is 30.3 Å². The van der Waals surface area contributed by atoms with Crippen LogP contribution in [0.4, 0.5) is 5.69 Å². The molecule has 9 nitrogen and oxygen atoms in total. The molecule has 2 N–H and O–H groups in total. The van der Waals surface area contributed by atoms with Crippen LogP contribution in [0.15, 0.2) is 53.9 Å². The van der Waals surface area contributed by atoms with Gasteiger partial charge in [-0.25, -0.2) is 17.7 Å². The summed E-state index contributed by atoms with van der Waals surface area (Å²) in [6.45, 7) is 0.946. The van der Waals surface area contributed by atoms with Gasteiger partial charge in [-0.1, -0.05) is 35.5 Å². The molecule has 1 saturated heterocycles. The quantitative estimate of drug-likeness (QED) is 0.404. The van der Waals surface area contributed by atoms with Gasteiger partial charge in [0, 0.05) is 30.1 Å². The number of carbonyl (C=O) groups excluding carboxylic acids is 1. The first kappa shape index (κ1) is 22.6. The summed E-state index contributed by atoms with van der Waals surface area (Å²) in [6.07, 6.45) is 1.90. The van der Waals surface area contributed by atoms with Crippen molar-refractivity contribution in [2.24, 2.45) is 0 Å². The normalized spacial score (nSPS) is 15.5. The Kier molecular flexibility index (Phi) is 6.40. The molecular weight excluding hydrogens is 472 g/mol. The Morgan fingerprint density at radius 1 is 1.15 bits per heavy atom. The van der Waals surface area contributed by atoms with Gasteiger partial charge in [0.2, 0.25) is 10.0 Å². The number of hydrogen-bond acceptors (Lipinski definition) is 7. The summed E-state index contributed by atoms with van der Waals surface area (Å²) in [5.41, 5.74) is 3.47. The Balaban J connectivity index is 1.16. The van der Waals surface area contributed by atoms with Crippen molar-refractivity contribution in [1.29, 1.82) is 0 Å². The summed E-state index contributed by atoms with van der Waals surface area (Å²) in [4.78, 5) is 17.2. The molecule has 5 rings (SSSR count). The molecule has 11 heteroatoms. The van der Waals surface area contributed by atoms with Gasteiger partial charge in [0.15, 0.2) is 0 Å². The van der Waals surface area contributed by atoms with E-state index in [1.54, 1.807) is 27.9 Å². The summed E-state index contributed by atoms with van der Waals surface area (Å²) in [7, 11) is -3.30. The van der Waals surface area contributed by atoms with E-state index >= 15 is 0 Å². The number of aryl methyl sites for hydroxylation is 1. The predicted molar refractivity (Wildman–Crippen MR) is 131 cm³/mol. The van der Waals surface area contributed by atoms with Gasteiger partial charge in [0.1, 0.15) is 11.2 Å². The van der Waals surface area contributed by atoms with E-state index < -0.39 is 10.0 Å². The maximum Gasteiger partial charge on any atom is 0.275 e. The second-order valence-electron chi connectivity index (χ2n) is 8.29. The lowest BCUT2D eigenvalue weighted by Gasteiger charge is -2.30. The highest BCUT2D eigenvalue weighted by molar-refractivity contribution is 7.89. The fourth-order valence-corrected chi connectivity index (χ4v) is 6.59. The number of H-pyrrole nitrogens is 1. The number of nitrogens with zero attached hydrogens (tertiary/aromatic N) is 4. The minimum Gasteiger partial charge on any atom is -0.321 e. The summed E-state index contributed by atoms with van der Waals surface area (Å²) < 4.78 is 27.2. The number of aromatic nitrogens is 4. The molecule has 176 valence electrons. The van der Waals surface area contributed by atoms with Crippen LogP contribution in [0.3, 0.4) is 0 Å². The molecule has 1 amide bonds. The van der Waals surface area contributed by atoms with Crippen LogP contribution in [0.2, 0.25) is 0 Å². The van der Waals surface area contributed by atoms with Gasteiger partial charge in [0.25, 0.3) is 5.91 Å². The number of anilines is 1. The van der Waals surface area contributed by atoms with Gasteiger partial charge >= 0.3 is 0 Å². The van der Waals surface area contributed by atoms with Crippen LogP contribution in [0.25, 0.3) is 11.0 Å². The van der Waals surface area contributed by atoms with E-state index in [0.717, 1.165) is 16.1 Å². The Morgan fingerprint density at radius 2 is 1.94 bits per heavy atom. The van der Waals surface area contributed by atoms with Crippen molar-refractivity contribution in [1.82, 2.24) is 24.7 Å². The molecule has 1 fully saturated rings. The Morgan fingerprint density at radius 3 is 2.74 bits per heavy atom. The first-order valence-corrected chi connectivity index (χ1v) is 13.6. The number of piperidine rings is 1. The number of fused-ring (bicyclic) bond motifs is 1. The molecular formula is C23H24N6O3S2. The SMILES string of the molecule is O=C(Nc1ccc2[nH]nnc2c1)c1csc(C2CCN(S(=O)(=O)CCc3ccccc3)CC2)n1. The standard InChI is InChI=1S/C23H24N6O3S2/c30-22(24-18-6-7-19-20(14-18)27-28-26-19)21-15-33-23(25-21)17-8-11-29(12-9-17)34(31,32)13-10-16-4-2-1-3-5-16/h1-7,14-15,17H,8-13H2,(H,24,30)(H,26,27,28). The minimum absolute atomic E-state index is 0.114. The van der Waals surface area contributed by atoms with Crippen molar-refractivity contribution in [2.75, 3.05) is 24.2 Å². The maximum atomic E-state index is 12.8. The number of hydrogen-bond donors (Lipinski definition) is 2. The van der Waals surface area contributed by atoms with Gasteiger partial charge in [-0.15, -0.1) is 16.4 Å². The highest BCUT2D eigenvalue weighted by Crippen LogP contribution is 2.31. The molecule has 2 aromatic heterocycles. The van der Waals surface area contributed by atoms with Crippen LogP contribution < -0.4 is 5.32 Å². The van der Waals surface area contributed by atoms with Crippen molar-refractivity contribution in [3.63, 3.8) is 0 Å². The number of sulfonamides is 1. The van der Waals surface area contributed by atoms with Gasteiger partial charge < -0.3 is 5.32 Å². The molecule has 0 unspecified atom stereocenters. The molecule has 0 spiro atoms. The van der Waals surface area contributed by atoms with Crippen molar-refractivity contribution >= 4 is 44.0 Å². The molecule has 0 saturated carbocycles. The average Bonchev–Trinajstić information content (AvgIpc) is 3.53. The van der Waals surface area contributed by atoms with Crippen LogP contribution in [-0.4, -0.2) is 57.9 Å². The minimum atomic E-state index is -3.30. The lowest BCUT2D eigenvalue weighted by atomic mass is 9.99. The zero-order valence-electron chi connectivity index (χ0n) is 18.3. The number of rotatable bonds is 7. The van der Waals surface area contributed by atoms with E-state index in [-0.39, 0.29) is 17.6 Å². The second-order valence-corrected chi connectivity index (χ2v) is 11.3. The Bertz CT molecular complexity index is 1390. The molecule has 34 heavy (non-hydrogen) atoms. The summed E-state index contributed by atoms with van der Waals surface area (Å²) in [6, 6.07) is 15.0. The first-order valence-electron chi connectivity index (χ1n) is 11.1. The zero-order chi connectivity index (χ0) is 23.5. The lowest BCUT2D eigenvalue weighted by molar-refractivity contribution is 0.102. The van der Waals surface area contributed by atoms with Gasteiger partial charge in [-0.05, 0) is 43.0 Å². The van der Waals surface area contributed by atoms with Crippen molar-refractivity contribution in [2.45, 2.75) is 25.2 Å². The highest BCUT2D eigenvalue weighted by atomic mass is 32.2. The molecule has 1 aliphatic heterocycles. The third-order valence-electron chi connectivity index (χ3n) is 6.03.